The van der Waals surface area contributed by atoms with Crippen LogP contribution in [0.2, 0.25) is 0 Å². The molecular formula is C8H12N2OS2. The van der Waals surface area contributed by atoms with E-state index in [1.54, 1.807) is 23.5 Å². The second kappa shape index (κ2) is 3.53. The van der Waals surface area contributed by atoms with E-state index in [0.717, 1.165) is 30.3 Å². The van der Waals surface area contributed by atoms with E-state index in [1.807, 2.05) is 6.26 Å². The summed E-state index contributed by atoms with van der Waals surface area (Å²) in [4.78, 5) is 15.9. The predicted molar refractivity (Wildman–Crippen MR) is 58.4 cm³/mol. The third-order valence-corrected chi connectivity index (χ3v) is 4.58. The van der Waals surface area contributed by atoms with Gasteiger partial charge in [-0.25, -0.2) is 0 Å². The van der Waals surface area contributed by atoms with Crippen LogP contribution in [-0.2, 0) is 4.79 Å². The number of carbonyl (C=O) groups is 1. The number of amidine groups is 1. The second-order valence-corrected chi connectivity index (χ2v) is 5.46. The molecule has 1 aliphatic carbocycles. The summed E-state index contributed by atoms with van der Waals surface area (Å²) in [6.07, 6.45) is 4.02. The lowest BCUT2D eigenvalue weighted by Crippen LogP contribution is -2.36. The van der Waals surface area contributed by atoms with E-state index >= 15 is 0 Å². The normalized spacial score (nSPS) is 23.9. The zero-order valence-electron chi connectivity index (χ0n) is 7.50. The first-order valence-electron chi connectivity index (χ1n) is 4.31. The van der Waals surface area contributed by atoms with E-state index in [4.69, 9.17) is 0 Å². The Morgan fingerprint density at radius 2 is 2.46 bits per heavy atom. The molecule has 0 aromatic rings. The first kappa shape index (κ1) is 9.40. The predicted octanol–water partition coefficient (Wildman–Crippen LogP) is 1.10. The molecule has 5 heteroatoms. The summed E-state index contributed by atoms with van der Waals surface area (Å²) in [6, 6.07) is 0. The van der Waals surface area contributed by atoms with Crippen LogP contribution < -0.4 is 5.32 Å². The Kier molecular flexibility index (Phi) is 2.55. The van der Waals surface area contributed by atoms with Crippen LogP contribution in [0.15, 0.2) is 4.99 Å². The Morgan fingerprint density at radius 1 is 1.69 bits per heavy atom. The lowest BCUT2D eigenvalue weighted by molar-refractivity contribution is -0.119. The van der Waals surface area contributed by atoms with Crippen molar-refractivity contribution in [3.8, 4) is 0 Å². The fourth-order valence-corrected chi connectivity index (χ4v) is 2.73. The van der Waals surface area contributed by atoms with Crippen LogP contribution in [0.5, 0.6) is 0 Å². The molecule has 72 valence electrons. The maximum absolute atomic E-state index is 11.7. The van der Waals surface area contributed by atoms with Crippen LogP contribution in [0, 0.1) is 0 Å². The van der Waals surface area contributed by atoms with E-state index in [2.05, 4.69) is 10.3 Å². The SMILES string of the molecule is CSC1(C(=O)NC2=NCCS2)CC1. The Morgan fingerprint density at radius 3 is 2.92 bits per heavy atom. The highest BCUT2D eigenvalue weighted by Gasteiger charge is 2.49. The number of thioether (sulfide) groups is 2. The molecule has 1 saturated carbocycles. The Bertz CT molecular complexity index is 261. The third-order valence-electron chi connectivity index (χ3n) is 2.31. The van der Waals surface area contributed by atoms with Crippen LogP contribution >= 0.6 is 23.5 Å². The first-order chi connectivity index (χ1) is 6.27. The number of hydrogen-bond acceptors (Lipinski definition) is 4. The van der Waals surface area contributed by atoms with Crippen molar-refractivity contribution >= 4 is 34.6 Å². The van der Waals surface area contributed by atoms with Crippen molar-refractivity contribution in [1.29, 1.82) is 0 Å². The quantitative estimate of drug-likeness (QED) is 0.751. The summed E-state index contributed by atoms with van der Waals surface area (Å²) in [5.41, 5.74) is 0. The van der Waals surface area contributed by atoms with Crippen LogP contribution in [0.1, 0.15) is 12.8 Å². The van der Waals surface area contributed by atoms with Gasteiger partial charge in [0.25, 0.3) is 0 Å². The average Bonchev–Trinajstić information content (AvgIpc) is 2.79. The first-order valence-corrected chi connectivity index (χ1v) is 6.52. The van der Waals surface area contributed by atoms with Gasteiger partial charge in [-0.2, -0.15) is 0 Å². The molecule has 13 heavy (non-hydrogen) atoms. The summed E-state index contributed by atoms with van der Waals surface area (Å²) in [7, 11) is 0. The van der Waals surface area contributed by atoms with Crippen molar-refractivity contribution < 1.29 is 4.79 Å². The Hall–Kier alpha value is -0.160. The van der Waals surface area contributed by atoms with Crippen LogP contribution in [0.4, 0.5) is 0 Å². The summed E-state index contributed by atoms with van der Waals surface area (Å²) >= 11 is 3.29. The van der Waals surface area contributed by atoms with Gasteiger partial charge in [0.05, 0.1) is 11.3 Å². The number of hydrogen-bond donors (Lipinski definition) is 1. The lowest BCUT2D eigenvalue weighted by Gasteiger charge is -2.11. The maximum Gasteiger partial charge on any atom is 0.242 e. The average molecular weight is 216 g/mol. The van der Waals surface area contributed by atoms with Crippen molar-refractivity contribution in [2.75, 3.05) is 18.6 Å². The van der Waals surface area contributed by atoms with Crippen molar-refractivity contribution in [2.24, 2.45) is 4.99 Å². The van der Waals surface area contributed by atoms with Crippen molar-refractivity contribution in [2.45, 2.75) is 17.6 Å². The smallest absolute Gasteiger partial charge is 0.242 e. The van der Waals surface area contributed by atoms with Crippen LogP contribution in [0.25, 0.3) is 0 Å². The van der Waals surface area contributed by atoms with Gasteiger partial charge in [0.15, 0.2) is 5.17 Å². The molecule has 1 aliphatic heterocycles. The van der Waals surface area contributed by atoms with Gasteiger partial charge in [-0.1, -0.05) is 11.8 Å². The highest BCUT2D eigenvalue weighted by Crippen LogP contribution is 2.47. The summed E-state index contributed by atoms with van der Waals surface area (Å²) < 4.78 is -0.119. The molecule has 0 atom stereocenters. The van der Waals surface area contributed by atoms with Gasteiger partial charge >= 0.3 is 0 Å². The molecule has 0 aromatic heterocycles. The Labute approximate surface area is 86.1 Å². The van der Waals surface area contributed by atoms with Gasteiger partial charge in [-0.15, -0.1) is 11.8 Å². The number of nitrogens with one attached hydrogen (secondary N) is 1. The molecule has 1 amide bonds. The van der Waals surface area contributed by atoms with Crippen molar-refractivity contribution in [3.63, 3.8) is 0 Å². The zero-order chi connectivity index (χ0) is 9.31. The van der Waals surface area contributed by atoms with E-state index < -0.39 is 0 Å². The minimum absolute atomic E-state index is 0.119. The molecule has 2 rings (SSSR count). The number of rotatable bonds is 2. The van der Waals surface area contributed by atoms with Crippen molar-refractivity contribution in [1.82, 2.24) is 5.32 Å². The van der Waals surface area contributed by atoms with E-state index in [0.29, 0.717) is 0 Å². The van der Waals surface area contributed by atoms with Crippen molar-refractivity contribution in [3.05, 3.63) is 0 Å². The number of nitrogens with zero attached hydrogens (tertiary/aromatic N) is 1. The molecule has 0 bridgehead atoms. The molecule has 1 fully saturated rings. The highest BCUT2D eigenvalue weighted by molar-refractivity contribution is 8.14. The van der Waals surface area contributed by atoms with Gasteiger partial charge in [0.2, 0.25) is 5.91 Å². The summed E-state index contributed by atoms with van der Waals surface area (Å²) in [6.45, 7) is 0.840. The number of amides is 1. The van der Waals surface area contributed by atoms with Gasteiger partial charge in [0, 0.05) is 5.75 Å². The van der Waals surface area contributed by atoms with Gasteiger partial charge < -0.3 is 5.32 Å². The van der Waals surface area contributed by atoms with Crippen LogP contribution in [-0.4, -0.2) is 34.4 Å². The third kappa shape index (κ3) is 1.86. The van der Waals surface area contributed by atoms with E-state index in [-0.39, 0.29) is 10.7 Å². The molecule has 1 N–H and O–H groups in total. The largest absolute Gasteiger partial charge is 0.304 e. The second-order valence-electron chi connectivity index (χ2n) is 3.19. The highest BCUT2D eigenvalue weighted by atomic mass is 32.2. The summed E-state index contributed by atoms with van der Waals surface area (Å²) in [5.74, 6) is 1.15. The van der Waals surface area contributed by atoms with E-state index in [9.17, 15) is 4.79 Å². The topological polar surface area (TPSA) is 41.5 Å². The monoisotopic (exact) mass is 216 g/mol. The molecule has 1 heterocycles. The zero-order valence-corrected chi connectivity index (χ0v) is 9.13. The molecule has 0 aromatic carbocycles. The maximum atomic E-state index is 11.7. The molecular weight excluding hydrogens is 204 g/mol. The van der Waals surface area contributed by atoms with Gasteiger partial charge in [-0.05, 0) is 19.1 Å². The molecule has 0 spiro atoms. The number of carbonyl (C=O) groups excluding carboxylic acids is 1. The Balaban J connectivity index is 1.91. The fraction of sp³-hybridized carbons (Fsp3) is 0.750. The molecule has 2 aliphatic rings. The van der Waals surface area contributed by atoms with Gasteiger partial charge in [0.1, 0.15) is 0 Å². The number of aliphatic imine (C=N–C) groups is 1. The van der Waals surface area contributed by atoms with Gasteiger partial charge in [-0.3, -0.25) is 9.79 Å². The van der Waals surface area contributed by atoms with Crippen LogP contribution in [0.3, 0.4) is 0 Å². The minimum atomic E-state index is -0.119. The molecule has 3 nitrogen and oxygen atoms in total. The standard InChI is InChI=1S/C8H12N2OS2/c1-12-8(2-3-8)6(11)10-7-9-4-5-13-7/h2-5H2,1H3,(H,9,10,11). The molecule has 0 unspecified atom stereocenters. The molecule has 0 saturated heterocycles. The minimum Gasteiger partial charge on any atom is -0.304 e. The lowest BCUT2D eigenvalue weighted by atomic mass is 10.4. The van der Waals surface area contributed by atoms with E-state index in [1.165, 1.54) is 0 Å². The fourth-order valence-electron chi connectivity index (χ4n) is 1.26. The molecule has 0 radical (unpaired) electrons. The summed E-state index contributed by atoms with van der Waals surface area (Å²) in [5, 5.41) is 3.70.